The van der Waals surface area contributed by atoms with Gasteiger partial charge in [0.25, 0.3) is 0 Å². The fraction of sp³-hybridized carbons (Fsp3) is 0.211. The Morgan fingerprint density at radius 1 is 1.11 bits per heavy atom. The number of anilines is 1. The van der Waals surface area contributed by atoms with E-state index in [9.17, 15) is 9.59 Å². The lowest BCUT2D eigenvalue weighted by Gasteiger charge is -2.14. The quantitative estimate of drug-likeness (QED) is 0.520. The van der Waals surface area contributed by atoms with Crippen LogP contribution in [0.2, 0.25) is 0 Å². The third-order valence-electron chi connectivity index (χ3n) is 4.00. The molecule has 0 radical (unpaired) electrons. The van der Waals surface area contributed by atoms with Crippen LogP contribution in [0, 0.1) is 6.92 Å². The Bertz CT molecular complexity index is 985. The summed E-state index contributed by atoms with van der Waals surface area (Å²) < 4.78 is 1.62. The molecule has 1 aromatic heterocycles. The maximum absolute atomic E-state index is 12.6. The summed E-state index contributed by atoms with van der Waals surface area (Å²) >= 11 is 1.25. The number of hydrogen-bond donors (Lipinski definition) is 1. The van der Waals surface area contributed by atoms with Crippen molar-refractivity contribution in [1.29, 1.82) is 0 Å². The molecule has 138 valence electrons. The first kappa shape index (κ1) is 18.8. The van der Waals surface area contributed by atoms with Crippen LogP contribution in [0.25, 0.3) is 5.69 Å². The molecule has 1 heterocycles. The first-order chi connectivity index (χ1) is 13.0. The van der Waals surface area contributed by atoms with Crippen LogP contribution < -0.4 is 5.32 Å². The van der Waals surface area contributed by atoms with Crippen molar-refractivity contribution in [3.05, 3.63) is 59.7 Å². The van der Waals surface area contributed by atoms with Crippen molar-refractivity contribution < 1.29 is 9.59 Å². The topological polar surface area (TPSA) is 89.8 Å². The van der Waals surface area contributed by atoms with Crippen LogP contribution >= 0.6 is 11.8 Å². The van der Waals surface area contributed by atoms with Crippen molar-refractivity contribution in [2.75, 3.05) is 5.32 Å². The Balaban J connectivity index is 1.76. The molecule has 27 heavy (non-hydrogen) atoms. The van der Waals surface area contributed by atoms with Crippen molar-refractivity contribution in [2.45, 2.75) is 31.2 Å². The molecule has 0 aliphatic heterocycles. The number of thioether (sulfide) groups is 1. The number of hydrogen-bond acceptors (Lipinski definition) is 6. The monoisotopic (exact) mass is 381 g/mol. The number of carbonyl (C=O) groups is 2. The van der Waals surface area contributed by atoms with Crippen LogP contribution in [0.15, 0.2) is 53.7 Å². The molecule has 2 aromatic carbocycles. The number of nitrogens with one attached hydrogen (secondary N) is 1. The van der Waals surface area contributed by atoms with Crippen molar-refractivity contribution in [1.82, 2.24) is 20.2 Å². The lowest BCUT2D eigenvalue weighted by molar-refractivity contribution is -0.115. The minimum atomic E-state index is -0.459. The van der Waals surface area contributed by atoms with E-state index < -0.39 is 5.25 Å². The minimum absolute atomic E-state index is 0.102. The fourth-order valence-corrected chi connectivity index (χ4v) is 3.35. The molecule has 1 N–H and O–H groups in total. The number of aromatic nitrogens is 4. The summed E-state index contributed by atoms with van der Waals surface area (Å²) in [6, 6.07) is 14.7. The summed E-state index contributed by atoms with van der Waals surface area (Å²) in [5.74, 6) is -0.331. The zero-order valence-electron chi connectivity index (χ0n) is 15.2. The molecule has 3 aromatic rings. The smallest absolute Gasteiger partial charge is 0.237 e. The zero-order chi connectivity index (χ0) is 19.4. The molecule has 0 spiro atoms. The number of amides is 1. The molecule has 0 aliphatic carbocycles. The van der Waals surface area contributed by atoms with Gasteiger partial charge in [0, 0.05) is 5.56 Å². The Labute approximate surface area is 161 Å². The van der Waals surface area contributed by atoms with E-state index in [0.717, 1.165) is 11.3 Å². The zero-order valence-corrected chi connectivity index (χ0v) is 16.0. The number of carbonyl (C=O) groups excluding carboxylic acids is 2. The van der Waals surface area contributed by atoms with E-state index in [2.05, 4.69) is 20.8 Å². The van der Waals surface area contributed by atoms with Gasteiger partial charge in [-0.1, -0.05) is 42.1 Å². The van der Waals surface area contributed by atoms with Gasteiger partial charge in [-0.05, 0) is 55.0 Å². The lowest BCUT2D eigenvalue weighted by Crippen LogP contribution is -2.24. The molecule has 7 nitrogen and oxygen atoms in total. The highest BCUT2D eigenvalue weighted by molar-refractivity contribution is 8.00. The maximum atomic E-state index is 12.6. The van der Waals surface area contributed by atoms with E-state index >= 15 is 0 Å². The Kier molecular flexibility index (Phi) is 5.66. The van der Waals surface area contributed by atoms with Gasteiger partial charge >= 0.3 is 0 Å². The SMILES string of the molecule is CC(=O)c1ccccc1NC(=O)[C@@H](C)Sc1nnnn1-c1ccccc1C. The van der Waals surface area contributed by atoms with Crippen LogP contribution in [0.4, 0.5) is 5.69 Å². The molecule has 0 unspecified atom stereocenters. The van der Waals surface area contributed by atoms with Crippen LogP contribution in [0.5, 0.6) is 0 Å². The highest BCUT2D eigenvalue weighted by atomic mass is 32.2. The molecule has 0 aliphatic rings. The van der Waals surface area contributed by atoms with E-state index in [-0.39, 0.29) is 11.7 Å². The number of tetrazole rings is 1. The van der Waals surface area contributed by atoms with E-state index in [1.165, 1.54) is 18.7 Å². The van der Waals surface area contributed by atoms with Gasteiger partial charge < -0.3 is 5.32 Å². The molecular weight excluding hydrogens is 362 g/mol. The predicted octanol–water partition coefficient (Wildman–Crippen LogP) is 3.29. The van der Waals surface area contributed by atoms with Crippen molar-refractivity contribution in [3.8, 4) is 5.69 Å². The van der Waals surface area contributed by atoms with Crippen LogP contribution in [0.3, 0.4) is 0 Å². The third-order valence-corrected chi connectivity index (χ3v) is 5.03. The molecule has 0 saturated carbocycles. The molecule has 8 heteroatoms. The first-order valence-electron chi connectivity index (χ1n) is 8.39. The number of rotatable bonds is 6. The Hall–Kier alpha value is -3.00. The molecule has 0 bridgehead atoms. The van der Waals surface area contributed by atoms with Gasteiger partial charge in [0.2, 0.25) is 11.1 Å². The van der Waals surface area contributed by atoms with Crippen LogP contribution in [-0.4, -0.2) is 37.1 Å². The van der Waals surface area contributed by atoms with Crippen molar-refractivity contribution >= 4 is 29.1 Å². The summed E-state index contributed by atoms with van der Waals surface area (Å²) in [5.41, 5.74) is 2.87. The highest BCUT2D eigenvalue weighted by Gasteiger charge is 2.21. The second-order valence-electron chi connectivity index (χ2n) is 6.01. The predicted molar refractivity (Wildman–Crippen MR) is 104 cm³/mol. The summed E-state index contributed by atoms with van der Waals surface area (Å²) in [5, 5.41) is 14.7. The second kappa shape index (κ2) is 8.13. The number of aryl methyl sites for hydroxylation is 1. The second-order valence-corrected chi connectivity index (χ2v) is 7.32. The standard InChI is InChI=1S/C19H19N5O2S/c1-12-8-4-7-11-17(12)24-19(21-22-23-24)27-14(3)18(26)20-16-10-6-5-9-15(16)13(2)25/h4-11,14H,1-3H3,(H,20,26)/t14-/m1/s1. The van der Waals surface area contributed by atoms with Gasteiger partial charge in [-0.15, -0.1) is 5.10 Å². The fourth-order valence-electron chi connectivity index (χ4n) is 2.55. The van der Waals surface area contributed by atoms with Crippen LogP contribution in [-0.2, 0) is 4.79 Å². The van der Waals surface area contributed by atoms with Crippen molar-refractivity contribution in [2.24, 2.45) is 0 Å². The van der Waals surface area contributed by atoms with Gasteiger partial charge in [-0.2, -0.15) is 4.68 Å². The highest BCUT2D eigenvalue weighted by Crippen LogP contribution is 2.25. The number of ketones is 1. The number of benzene rings is 2. The summed E-state index contributed by atoms with van der Waals surface area (Å²) in [7, 11) is 0. The minimum Gasteiger partial charge on any atom is -0.324 e. The van der Waals surface area contributed by atoms with Crippen molar-refractivity contribution in [3.63, 3.8) is 0 Å². The molecule has 0 saturated heterocycles. The van der Waals surface area contributed by atoms with Gasteiger partial charge in [0.1, 0.15) is 0 Å². The molecular formula is C19H19N5O2S. The Morgan fingerprint density at radius 2 is 1.81 bits per heavy atom. The van der Waals surface area contributed by atoms with Gasteiger partial charge in [-0.3, -0.25) is 9.59 Å². The lowest BCUT2D eigenvalue weighted by atomic mass is 10.1. The van der Waals surface area contributed by atoms with E-state index in [1.54, 1.807) is 35.9 Å². The number of Topliss-reactive ketones (excluding diaryl/α,β-unsaturated/α-hetero) is 1. The van der Waals surface area contributed by atoms with E-state index in [0.29, 0.717) is 16.4 Å². The Morgan fingerprint density at radius 3 is 2.56 bits per heavy atom. The largest absolute Gasteiger partial charge is 0.324 e. The van der Waals surface area contributed by atoms with Crippen LogP contribution in [0.1, 0.15) is 29.8 Å². The summed E-state index contributed by atoms with van der Waals surface area (Å²) in [6.07, 6.45) is 0. The summed E-state index contributed by atoms with van der Waals surface area (Å²) in [6.45, 7) is 5.22. The van der Waals surface area contributed by atoms with Gasteiger partial charge in [0.15, 0.2) is 5.78 Å². The average molecular weight is 381 g/mol. The van der Waals surface area contributed by atoms with Gasteiger partial charge in [-0.25, -0.2) is 0 Å². The first-order valence-corrected chi connectivity index (χ1v) is 9.27. The van der Waals surface area contributed by atoms with Gasteiger partial charge in [0.05, 0.1) is 16.6 Å². The van der Waals surface area contributed by atoms with E-state index in [4.69, 9.17) is 0 Å². The third kappa shape index (κ3) is 4.22. The summed E-state index contributed by atoms with van der Waals surface area (Å²) in [4.78, 5) is 24.3. The van der Waals surface area contributed by atoms with E-state index in [1.807, 2.05) is 31.2 Å². The normalized spacial score (nSPS) is 11.8. The number of para-hydroxylation sites is 2. The molecule has 1 atom stereocenters. The molecule has 1 amide bonds. The maximum Gasteiger partial charge on any atom is 0.237 e. The average Bonchev–Trinajstić information content (AvgIpc) is 3.10. The number of nitrogens with zero attached hydrogens (tertiary/aromatic N) is 4. The molecule has 0 fully saturated rings. The molecule has 3 rings (SSSR count).